The van der Waals surface area contributed by atoms with Gasteiger partial charge in [0.1, 0.15) is 0 Å². The predicted molar refractivity (Wildman–Crippen MR) is 89.1 cm³/mol. The molecule has 1 saturated carbocycles. The van der Waals surface area contributed by atoms with Crippen LogP contribution in [0.25, 0.3) is 10.2 Å². The number of carbonyl (C=O) groups excluding carboxylic acids is 2. The van der Waals surface area contributed by atoms with Crippen LogP contribution in [0, 0.1) is 11.8 Å². The van der Waals surface area contributed by atoms with Crippen molar-refractivity contribution in [3.8, 4) is 0 Å². The predicted octanol–water partition coefficient (Wildman–Crippen LogP) is 3.63. The van der Waals surface area contributed by atoms with Crippen molar-refractivity contribution in [2.45, 2.75) is 33.1 Å². The molecule has 0 unspecified atom stereocenters. The highest BCUT2D eigenvalue weighted by Gasteiger charge is 2.25. The number of fused-ring (bicyclic) bond motifs is 1. The summed E-state index contributed by atoms with van der Waals surface area (Å²) < 4.78 is 0.987. The Labute approximate surface area is 133 Å². The lowest BCUT2D eigenvalue weighted by molar-refractivity contribution is -0.122. The van der Waals surface area contributed by atoms with Crippen LogP contribution in [0.4, 0.5) is 10.8 Å². The van der Waals surface area contributed by atoms with E-state index in [9.17, 15) is 9.59 Å². The molecule has 0 spiro atoms. The quantitative estimate of drug-likeness (QED) is 0.904. The van der Waals surface area contributed by atoms with Crippen molar-refractivity contribution >= 4 is 44.2 Å². The van der Waals surface area contributed by atoms with Gasteiger partial charge in [0.15, 0.2) is 5.13 Å². The molecule has 2 N–H and O–H groups in total. The third kappa shape index (κ3) is 3.11. The van der Waals surface area contributed by atoms with Gasteiger partial charge in [-0.2, -0.15) is 0 Å². The lowest BCUT2D eigenvalue weighted by atomic mass is 9.85. The van der Waals surface area contributed by atoms with Crippen molar-refractivity contribution in [3.63, 3.8) is 0 Å². The molecule has 1 aliphatic carbocycles. The summed E-state index contributed by atoms with van der Waals surface area (Å²) in [6, 6.07) is 5.66. The van der Waals surface area contributed by atoms with Gasteiger partial charge in [-0.15, -0.1) is 0 Å². The van der Waals surface area contributed by atoms with E-state index in [1.54, 1.807) is 0 Å². The Hall–Kier alpha value is -1.95. The van der Waals surface area contributed by atoms with E-state index in [4.69, 9.17) is 0 Å². The molecule has 22 heavy (non-hydrogen) atoms. The molecule has 5 nitrogen and oxygen atoms in total. The lowest BCUT2D eigenvalue weighted by Crippen LogP contribution is -2.27. The Morgan fingerprint density at radius 3 is 2.68 bits per heavy atom. The summed E-state index contributed by atoms with van der Waals surface area (Å²) in [7, 11) is 0. The van der Waals surface area contributed by atoms with E-state index < -0.39 is 0 Å². The van der Waals surface area contributed by atoms with Crippen LogP contribution < -0.4 is 10.6 Å². The van der Waals surface area contributed by atoms with Gasteiger partial charge in [0.05, 0.1) is 10.2 Å². The normalized spacial score (nSPS) is 14.9. The fourth-order valence-electron chi connectivity index (χ4n) is 2.22. The Balaban J connectivity index is 1.75. The van der Waals surface area contributed by atoms with Crippen LogP contribution in [-0.4, -0.2) is 16.8 Å². The molecule has 1 aromatic carbocycles. The van der Waals surface area contributed by atoms with E-state index in [0.717, 1.165) is 35.2 Å². The second-order valence-electron chi connectivity index (χ2n) is 5.96. The number of anilines is 2. The molecule has 0 bridgehead atoms. The molecule has 0 radical (unpaired) electrons. The SMILES string of the molecule is CC(C)C(=O)Nc1nc2cc(NC(=O)C3CCC3)ccc2s1. The summed E-state index contributed by atoms with van der Waals surface area (Å²) in [6.07, 6.45) is 3.11. The summed E-state index contributed by atoms with van der Waals surface area (Å²) in [4.78, 5) is 28.1. The topological polar surface area (TPSA) is 71.1 Å². The molecule has 6 heteroatoms. The number of carbonyl (C=O) groups is 2. The molecule has 0 saturated heterocycles. The molecular formula is C16H19N3O2S. The largest absolute Gasteiger partial charge is 0.326 e. The molecule has 1 heterocycles. The molecule has 116 valence electrons. The number of aromatic nitrogens is 1. The molecule has 1 aromatic heterocycles. The third-order valence-corrected chi connectivity index (χ3v) is 4.84. The molecule has 1 aliphatic rings. The van der Waals surface area contributed by atoms with Gasteiger partial charge in [-0.3, -0.25) is 9.59 Å². The van der Waals surface area contributed by atoms with Gasteiger partial charge in [-0.25, -0.2) is 4.98 Å². The van der Waals surface area contributed by atoms with Crippen LogP contribution in [0.1, 0.15) is 33.1 Å². The van der Waals surface area contributed by atoms with E-state index in [2.05, 4.69) is 15.6 Å². The average molecular weight is 317 g/mol. The van der Waals surface area contributed by atoms with Gasteiger partial charge >= 0.3 is 0 Å². The molecule has 0 aliphatic heterocycles. The standard InChI is InChI=1S/C16H19N3O2S/c1-9(2)14(20)19-16-18-12-8-11(6-7-13(12)22-16)17-15(21)10-4-3-5-10/h6-10H,3-5H2,1-2H3,(H,17,21)(H,18,19,20). The van der Waals surface area contributed by atoms with Crippen LogP contribution in [-0.2, 0) is 9.59 Å². The number of benzene rings is 1. The van der Waals surface area contributed by atoms with Gasteiger partial charge in [-0.05, 0) is 31.0 Å². The molecule has 2 aromatic rings. The molecule has 2 amide bonds. The van der Waals surface area contributed by atoms with Gasteiger partial charge < -0.3 is 10.6 Å². The Morgan fingerprint density at radius 2 is 2.05 bits per heavy atom. The molecule has 3 rings (SSSR count). The monoisotopic (exact) mass is 317 g/mol. The van der Waals surface area contributed by atoms with Crippen molar-refractivity contribution in [3.05, 3.63) is 18.2 Å². The minimum atomic E-state index is -0.0793. The minimum absolute atomic E-state index is 0.0439. The molecule has 0 atom stereocenters. The van der Waals surface area contributed by atoms with Crippen molar-refractivity contribution in [2.24, 2.45) is 11.8 Å². The first-order chi connectivity index (χ1) is 10.5. The highest BCUT2D eigenvalue weighted by molar-refractivity contribution is 7.22. The minimum Gasteiger partial charge on any atom is -0.326 e. The lowest BCUT2D eigenvalue weighted by Gasteiger charge is -2.23. The van der Waals surface area contributed by atoms with Crippen molar-refractivity contribution in [2.75, 3.05) is 10.6 Å². The molecule has 1 fully saturated rings. The number of nitrogens with zero attached hydrogens (tertiary/aromatic N) is 1. The first kappa shape index (κ1) is 15.0. The van der Waals surface area contributed by atoms with E-state index in [0.29, 0.717) is 5.13 Å². The number of thiazole rings is 1. The highest BCUT2D eigenvalue weighted by Crippen LogP contribution is 2.30. The van der Waals surface area contributed by atoms with Crippen LogP contribution in [0.5, 0.6) is 0 Å². The van der Waals surface area contributed by atoms with Gasteiger partial charge in [0.2, 0.25) is 11.8 Å². The number of rotatable bonds is 4. The van der Waals surface area contributed by atoms with Gasteiger partial charge in [-0.1, -0.05) is 31.6 Å². The van der Waals surface area contributed by atoms with Crippen molar-refractivity contribution in [1.29, 1.82) is 0 Å². The average Bonchev–Trinajstić information content (AvgIpc) is 2.77. The van der Waals surface area contributed by atoms with E-state index in [1.807, 2.05) is 32.0 Å². The van der Waals surface area contributed by atoms with E-state index in [1.165, 1.54) is 11.3 Å². The van der Waals surface area contributed by atoms with Crippen LogP contribution >= 0.6 is 11.3 Å². The molecular weight excluding hydrogens is 298 g/mol. The summed E-state index contributed by atoms with van der Waals surface area (Å²) >= 11 is 1.44. The first-order valence-corrected chi connectivity index (χ1v) is 8.37. The Kier molecular flexibility index (Phi) is 4.11. The zero-order chi connectivity index (χ0) is 15.7. The summed E-state index contributed by atoms with van der Waals surface area (Å²) in [5.41, 5.74) is 1.55. The summed E-state index contributed by atoms with van der Waals surface area (Å²) in [5.74, 6) is 0.128. The van der Waals surface area contributed by atoms with Crippen molar-refractivity contribution in [1.82, 2.24) is 4.98 Å². The summed E-state index contributed by atoms with van der Waals surface area (Å²) in [6.45, 7) is 3.69. The maximum Gasteiger partial charge on any atom is 0.228 e. The zero-order valence-corrected chi connectivity index (χ0v) is 13.5. The van der Waals surface area contributed by atoms with Crippen LogP contribution in [0.15, 0.2) is 18.2 Å². The second kappa shape index (κ2) is 6.04. The maximum absolute atomic E-state index is 12.0. The van der Waals surface area contributed by atoms with Gasteiger partial charge in [0, 0.05) is 17.5 Å². The Bertz CT molecular complexity index is 719. The number of amides is 2. The van der Waals surface area contributed by atoms with E-state index >= 15 is 0 Å². The fraction of sp³-hybridized carbons (Fsp3) is 0.438. The fourth-order valence-corrected chi connectivity index (χ4v) is 3.07. The maximum atomic E-state index is 12.0. The zero-order valence-electron chi connectivity index (χ0n) is 12.7. The smallest absolute Gasteiger partial charge is 0.228 e. The van der Waals surface area contributed by atoms with E-state index in [-0.39, 0.29) is 23.7 Å². The van der Waals surface area contributed by atoms with Crippen molar-refractivity contribution < 1.29 is 9.59 Å². The highest BCUT2D eigenvalue weighted by atomic mass is 32.1. The summed E-state index contributed by atoms with van der Waals surface area (Å²) in [5, 5.41) is 6.34. The Morgan fingerprint density at radius 1 is 1.27 bits per heavy atom. The third-order valence-electron chi connectivity index (χ3n) is 3.89. The number of hydrogen-bond acceptors (Lipinski definition) is 4. The van der Waals surface area contributed by atoms with Crippen LogP contribution in [0.2, 0.25) is 0 Å². The number of nitrogens with one attached hydrogen (secondary N) is 2. The van der Waals surface area contributed by atoms with Gasteiger partial charge in [0.25, 0.3) is 0 Å². The second-order valence-corrected chi connectivity index (χ2v) is 6.99. The number of hydrogen-bond donors (Lipinski definition) is 2. The first-order valence-electron chi connectivity index (χ1n) is 7.55. The van der Waals surface area contributed by atoms with Crippen LogP contribution in [0.3, 0.4) is 0 Å².